The first-order valence-corrected chi connectivity index (χ1v) is 7.70. The summed E-state index contributed by atoms with van der Waals surface area (Å²) in [5, 5.41) is 3.48. The van der Waals surface area contributed by atoms with E-state index in [9.17, 15) is 0 Å². The molecular weight excluding hydrogens is 258 g/mol. The van der Waals surface area contributed by atoms with Gasteiger partial charge < -0.3 is 5.32 Å². The maximum absolute atomic E-state index is 4.39. The number of aryl methyl sites for hydroxylation is 1. The van der Waals surface area contributed by atoms with Gasteiger partial charge >= 0.3 is 0 Å². The second kappa shape index (κ2) is 7.79. The van der Waals surface area contributed by atoms with E-state index in [1.54, 1.807) is 0 Å². The largest absolute Gasteiger partial charge is 0.368 e. The predicted molar refractivity (Wildman–Crippen MR) is 89.6 cm³/mol. The van der Waals surface area contributed by atoms with Crippen molar-refractivity contribution in [1.29, 1.82) is 0 Å². The zero-order valence-electron chi connectivity index (χ0n) is 13.2. The number of nitrogens with zero attached hydrogens (tertiary/aromatic N) is 2. The first kappa shape index (κ1) is 15.5. The summed E-state index contributed by atoms with van der Waals surface area (Å²) in [5.74, 6) is 0.947. The van der Waals surface area contributed by atoms with Crippen molar-refractivity contribution >= 4 is 5.82 Å². The van der Waals surface area contributed by atoms with Gasteiger partial charge in [0.15, 0.2) is 0 Å². The highest BCUT2D eigenvalue weighted by atomic mass is 15.2. The maximum atomic E-state index is 4.39. The fourth-order valence-electron chi connectivity index (χ4n) is 2.63. The minimum atomic E-state index is 0.364. The first-order valence-electron chi connectivity index (χ1n) is 7.70. The van der Waals surface area contributed by atoms with E-state index in [1.165, 1.54) is 11.1 Å². The molecule has 0 fully saturated rings. The molecule has 1 unspecified atom stereocenters. The zero-order valence-corrected chi connectivity index (χ0v) is 13.2. The third-order valence-corrected chi connectivity index (χ3v) is 3.83. The molecule has 3 heteroatoms. The molecule has 0 aliphatic carbocycles. The summed E-state index contributed by atoms with van der Waals surface area (Å²) in [6, 6.07) is 15.2. The minimum Gasteiger partial charge on any atom is -0.368 e. The second-order valence-electron chi connectivity index (χ2n) is 5.25. The Balaban J connectivity index is 2.13. The summed E-state index contributed by atoms with van der Waals surface area (Å²) in [4.78, 5) is 6.86. The smallest absolute Gasteiger partial charge is 0.126 e. The van der Waals surface area contributed by atoms with Gasteiger partial charge in [-0.1, -0.05) is 44.2 Å². The Morgan fingerprint density at radius 1 is 1.10 bits per heavy atom. The molecule has 21 heavy (non-hydrogen) atoms. The van der Waals surface area contributed by atoms with E-state index in [0.717, 1.165) is 25.5 Å². The molecule has 0 aliphatic heterocycles. The molecule has 2 rings (SSSR count). The number of benzene rings is 1. The van der Waals surface area contributed by atoms with Crippen LogP contribution in [-0.4, -0.2) is 29.5 Å². The third-order valence-electron chi connectivity index (χ3n) is 3.83. The van der Waals surface area contributed by atoms with Crippen molar-refractivity contribution in [2.45, 2.75) is 26.8 Å². The molecule has 0 saturated heterocycles. The Morgan fingerprint density at radius 2 is 1.81 bits per heavy atom. The zero-order chi connectivity index (χ0) is 15.1. The standard InChI is InChI=1S/C18H25N3/c1-4-21(5-2)17(16-9-7-6-8-10-16)14-20-18-13-15(3)11-12-19-18/h6-13,17H,4-5,14H2,1-3H3,(H,19,20). The van der Waals surface area contributed by atoms with Gasteiger partial charge in [0.1, 0.15) is 5.82 Å². The van der Waals surface area contributed by atoms with Crippen LogP contribution in [0.3, 0.4) is 0 Å². The van der Waals surface area contributed by atoms with Crippen LogP contribution < -0.4 is 5.32 Å². The summed E-state index contributed by atoms with van der Waals surface area (Å²) in [6.45, 7) is 9.46. The molecule has 0 amide bonds. The lowest BCUT2D eigenvalue weighted by Gasteiger charge is -2.30. The highest BCUT2D eigenvalue weighted by molar-refractivity contribution is 5.37. The summed E-state index contributed by atoms with van der Waals surface area (Å²) in [7, 11) is 0. The lowest BCUT2D eigenvalue weighted by Crippen LogP contribution is -2.33. The number of nitrogens with one attached hydrogen (secondary N) is 1. The van der Waals surface area contributed by atoms with Gasteiger partial charge in [-0.15, -0.1) is 0 Å². The van der Waals surface area contributed by atoms with Crippen molar-refractivity contribution in [2.24, 2.45) is 0 Å². The molecule has 1 N–H and O–H groups in total. The maximum Gasteiger partial charge on any atom is 0.126 e. The Bertz CT molecular complexity index is 535. The molecule has 0 bridgehead atoms. The summed E-state index contributed by atoms with van der Waals surface area (Å²) < 4.78 is 0. The molecule has 3 nitrogen and oxygen atoms in total. The topological polar surface area (TPSA) is 28.2 Å². The molecule has 2 aromatic rings. The Morgan fingerprint density at radius 3 is 2.43 bits per heavy atom. The van der Waals surface area contributed by atoms with Crippen molar-refractivity contribution in [3.05, 3.63) is 59.8 Å². The number of likely N-dealkylation sites (N-methyl/N-ethyl adjacent to an activating group) is 1. The predicted octanol–water partition coefficient (Wildman–Crippen LogP) is 3.89. The number of aromatic nitrogens is 1. The van der Waals surface area contributed by atoms with Gasteiger partial charge in [0.2, 0.25) is 0 Å². The van der Waals surface area contributed by atoms with Crippen molar-refractivity contribution in [2.75, 3.05) is 25.0 Å². The van der Waals surface area contributed by atoms with E-state index >= 15 is 0 Å². The van der Waals surface area contributed by atoms with Crippen LogP contribution in [0.4, 0.5) is 5.82 Å². The second-order valence-corrected chi connectivity index (χ2v) is 5.25. The van der Waals surface area contributed by atoms with E-state index in [0.29, 0.717) is 6.04 Å². The van der Waals surface area contributed by atoms with Gasteiger partial charge in [0.05, 0.1) is 6.04 Å². The van der Waals surface area contributed by atoms with Crippen LogP contribution in [0, 0.1) is 6.92 Å². The highest BCUT2D eigenvalue weighted by Gasteiger charge is 2.17. The molecule has 1 heterocycles. The highest BCUT2D eigenvalue weighted by Crippen LogP contribution is 2.21. The SMILES string of the molecule is CCN(CC)C(CNc1cc(C)ccn1)c1ccccc1. The van der Waals surface area contributed by atoms with Crippen LogP contribution in [0.5, 0.6) is 0 Å². The minimum absolute atomic E-state index is 0.364. The van der Waals surface area contributed by atoms with Crippen LogP contribution in [0.2, 0.25) is 0 Å². The van der Waals surface area contributed by atoms with E-state index in [-0.39, 0.29) is 0 Å². The number of rotatable bonds is 7. The number of hydrogen-bond donors (Lipinski definition) is 1. The van der Waals surface area contributed by atoms with Crippen molar-refractivity contribution in [1.82, 2.24) is 9.88 Å². The van der Waals surface area contributed by atoms with Gasteiger partial charge in [-0.05, 0) is 43.3 Å². The number of anilines is 1. The molecule has 0 spiro atoms. The van der Waals surface area contributed by atoms with Crippen LogP contribution in [0.1, 0.15) is 31.0 Å². The average molecular weight is 283 g/mol. The molecule has 0 saturated carbocycles. The van der Waals surface area contributed by atoms with Gasteiger partial charge in [-0.2, -0.15) is 0 Å². The van der Waals surface area contributed by atoms with Crippen LogP contribution in [-0.2, 0) is 0 Å². The molecule has 1 aromatic heterocycles. The van der Waals surface area contributed by atoms with Gasteiger partial charge in [0, 0.05) is 12.7 Å². The monoisotopic (exact) mass is 283 g/mol. The molecule has 0 radical (unpaired) electrons. The van der Waals surface area contributed by atoms with Gasteiger partial charge in [-0.25, -0.2) is 4.98 Å². The summed E-state index contributed by atoms with van der Waals surface area (Å²) in [6.07, 6.45) is 1.85. The fraction of sp³-hybridized carbons (Fsp3) is 0.389. The van der Waals surface area contributed by atoms with E-state index in [2.05, 4.69) is 72.4 Å². The molecule has 0 aliphatic rings. The van der Waals surface area contributed by atoms with Crippen LogP contribution in [0.15, 0.2) is 48.7 Å². The van der Waals surface area contributed by atoms with Crippen molar-refractivity contribution < 1.29 is 0 Å². The lowest BCUT2D eigenvalue weighted by molar-refractivity contribution is 0.228. The summed E-state index contributed by atoms with van der Waals surface area (Å²) in [5.41, 5.74) is 2.58. The fourth-order valence-corrected chi connectivity index (χ4v) is 2.63. The van der Waals surface area contributed by atoms with Gasteiger partial charge in [-0.3, -0.25) is 4.90 Å². The molecule has 1 atom stereocenters. The normalized spacial score (nSPS) is 12.4. The van der Waals surface area contributed by atoms with E-state index in [1.807, 2.05) is 12.3 Å². The molecular formula is C18H25N3. The van der Waals surface area contributed by atoms with E-state index < -0.39 is 0 Å². The van der Waals surface area contributed by atoms with Crippen LogP contribution in [0.25, 0.3) is 0 Å². The third kappa shape index (κ3) is 4.30. The van der Waals surface area contributed by atoms with Crippen LogP contribution >= 0.6 is 0 Å². The summed E-state index contributed by atoms with van der Waals surface area (Å²) >= 11 is 0. The van der Waals surface area contributed by atoms with Gasteiger partial charge in [0.25, 0.3) is 0 Å². The Hall–Kier alpha value is -1.87. The first-order chi connectivity index (χ1) is 10.2. The molecule has 1 aromatic carbocycles. The lowest BCUT2D eigenvalue weighted by atomic mass is 10.1. The number of pyridine rings is 1. The van der Waals surface area contributed by atoms with E-state index in [4.69, 9.17) is 0 Å². The number of hydrogen-bond acceptors (Lipinski definition) is 3. The average Bonchev–Trinajstić information content (AvgIpc) is 2.52. The van der Waals surface area contributed by atoms with Crippen molar-refractivity contribution in [3.63, 3.8) is 0 Å². The van der Waals surface area contributed by atoms with Crippen molar-refractivity contribution in [3.8, 4) is 0 Å². The Labute approximate surface area is 128 Å². The quantitative estimate of drug-likeness (QED) is 0.835. The molecule has 112 valence electrons. The Kier molecular flexibility index (Phi) is 5.76.